The zero-order valence-corrected chi connectivity index (χ0v) is 10.5. The first kappa shape index (κ1) is 13.1. The van der Waals surface area contributed by atoms with E-state index in [1.165, 1.54) is 6.07 Å². The Bertz CT molecular complexity index is 611. The number of halogens is 1. The van der Waals surface area contributed by atoms with Gasteiger partial charge in [-0.05, 0) is 30.2 Å². The molecule has 2 aromatic rings. The van der Waals surface area contributed by atoms with Crippen LogP contribution >= 0.6 is 0 Å². The number of phenols is 1. The van der Waals surface area contributed by atoms with Gasteiger partial charge in [-0.2, -0.15) is 0 Å². The lowest BCUT2D eigenvalue weighted by Crippen LogP contribution is -2.23. The zero-order valence-electron chi connectivity index (χ0n) is 10.5. The fourth-order valence-corrected chi connectivity index (χ4v) is 1.78. The minimum atomic E-state index is -0.576. The number of benzene rings is 2. The molecule has 2 rings (SSSR count). The molecule has 0 aliphatic carbocycles. The van der Waals surface area contributed by atoms with Gasteiger partial charge in [0.05, 0.1) is 5.56 Å². The quantitative estimate of drug-likeness (QED) is 0.890. The molecule has 19 heavy (non-hydrogen) atoms. The van der Waals surface area contributed by atoms with Crippen LogP contribution in [0.25, 0.3) is 0 Å². The Hall–Kier alpha value is -2.36. The summed E-state index contributed by atoms with van der Waals surface area (Å²) in [4.78, 5) is 11.9. The molecule has 0 aliphatic rings. The number of hydrogen-bond acceptors (Lipinski definition) is 2. The highest BCUT2D eigenvalue weighted by Gasteiger charge is 2.11. The van der Waals surface area contributed by atoms with E-state index in [0.29, 0.717) is 6.54 Å². The highest BCUT2D eigenvalue weighted by atomic mass is 19.1. The maximum atomic E-state index is 12.8. The van der Waals surface area contributed by atoms with Crippen molar-refractivity contribution in [2.45, 2.75) is 13.5 Å². The van der Waals surface area contributed by atoms with E-state index in [4.69, 9.17) is 0 Å². The molecule has 0 fully saturated rings. The standard InChI is InChI=1S/C15H14FNO2/c1-10-4-2-3-5-11(10)9-17-15(19)13-7-6-12(16)8-14(13)18/h2-8,18H,9H2,1H3,(H,17,19). The third kappa shape index (κ3) is 3.10. The lowest BCUT2D eigenvalue weighted by molar-refractivity contribution is 0.0948. The second-order valence-corrected chi connectivity index (χ2v) is 4.27. The van der Waals surface area contributed by atoms with Crippen molar-refractivity contribution in [1.29, 1.82) is 0 Å². The summed E-state index contributed by atoms with van der Waals surface area (Å²) < 4.78 is 12.8. The topological polar surface area (TPSA) is 49.3 Å². The second kappa shape index (κ2) is 5.52. The van der Waals surface area contributed by atoms with Crippen molar-refractivity contribution in [3.05, 3.63) is 65.0 Å². The van der Waals surface area contributed by atoms with Gasteiger partial charge >= 0.3 is 0 Å². The molecule has 0 saturated heterocycles. The highest BCUT2D eigenvalue weighted by molar-refractivity contribution is 5.96. The van der Waals surface area contributed by atoms with Gasteiger partial charge < -0.3 is 10.4 Å². The lowest BCUT2D eigenvalue weighted by atomic mass is 10.1. The summed E-state index contributed by atoms with van der Waals surface area (Å²) in [6, 6.07) is 11.0. The van der Waals surface area contributed by atoms with E-state index >= 15 is 0 Å². The fourth-order valence-electron chi connectivity index (χ4n) is 1.78. The lowest BCUT2D eigenvalue weighted by Gasteiger charge is -2.08. The Labute approximate surface area is 110 Å². The van der Waals surface area contributed by atoms with Gasteiger partial charge in [0, 0.05) is 12.6 Å². The van der Waals surface area contributed by atoms with E-state index in [-0.39, 0.29) is 11.3 Å². The van der Waals surface area contributed by atoms with Gasteiger partial charge in [0.25, 0.3) is 5.91 Å². The third-order valence-electron chi connectivity index (χ3n) is 2.91. The number of rotatable bonds is 3. The maximum Gasteiger partial charge on any atom is 0.255 e. The van der Waals surface area contributed by atoms with Gasteiger partial charge in [-0.1, -0.05) is 24.3 Å². The van der Waals surface area contributed by atoms with Gasteiger partial charge in [0.15, 0.2) is 0 Å². The van der Waals surface area contributed by atoms with Gasteiger partial charge in [-0.25, -0.2) is 4.39 Å². The highest BCUT2D eigenvalue weighted by Crippen LogP contribution is 2.18. The molecule has 0 aliphatic heterocycles. The van der Waals surface area contributed by atoms with E-state index < -0.39 is 11.7 Å². The van der Waals surface area contributed by atoms with Crippen molar-refractivity contribution >= 4 is 5.91 Å². The Kier molecular flexibility index (Phi) is 3.80. The number of amides is 1. The monoisotopic (exact) mass is 259 g/mol. The largest absolute Gasteiger partial charge is 0.507 e. The Morgan fingerprint density at radius 2 is 2.00 bits per heavy atom. The van der Waals surface area contributed by atoms with E-state index in [9.17, 15) is 14.3 Å². The van der Waals surface area contributed by atoms with E-state index in [1.807, 2.05) is 31.2 Å². The number of nitrogens with one attached hydrogen (secondary N) is 1. The van der Waals surface area contributed by atoms with Gasteiger partial charge in [-0.15, -0.1) is 0 Å². The van der Waals surface area contributed by atoms with Crippen LogP contribution in [-0.4, -0.2) is 11.0 Å². The van der Waals surface area contributed by atoms with Crippen molar-refractivity contribution in [1.82, 2.24) is 5.32 Å². The van der Waals surface area contributed by atoms with Crippen LogP contribution in [0, 0.1) is 12.7 Å². The van der Waals surface area contributed by atoms with Crippen LogP contribution < -0.4 is 5.32 Å². The zero-order chi connectivity index (χ0) is 13.8. The summed E-state index contributed by atoms with van der Waals surface area (Å²) in [5.74, 6) is -1.36. The van der Waals surface area contributed by atoms with Crippen LogP contribution in [0.1, 0.15) is 21.5 Å². The van der Waals surface area contributed by atoms with Crippen LogP contribution in [0.15, 0.2) is 42.5 Å². The number of aromatic hydroxyl groups is 1. The molecule has 4 heteroatoms. The van der Waals surface area contributed by atoms with Crippen molar-refractivity contribution in [2.24, 2.45) is 0 Å². The minimum Gasteiger partial charge on any atom is -0.507 e. The van der Waals surface area contributed by atoms with E-state index in [2.05, 4.69) is 5.32 Å². The molecular weight excluding hydrogens is 245 g/mol. The average molecular weight is 259 g/mol. The molecule has 2 aromatic carbocycles. The van der Waals surface area contributed by atoms with Crippen LogP contribution in [0.5, 0.6) is 5.75 Å². The molecular formula is C15H14FNO2. The molecule has 0 unspecified atom stereocenters. The predicted molar refractivity (Wildman–Crippen MR) is 70.4 cm³/mol. The van der Waals surface area contributed by atoms with Crippen LogP contribution in [0.3, 0.4) is 0 Å². The van der Waals surface area contributed by atoms with E-state index in [1.54, 1.807) is 0 Å². The molecule has 3 nitrogen and oxygen atoms in total. The summed E-state index contributed by atoms with van der Waals surface area (Å²) >= 11 is 0. The molecule has 0 atom stereocenters. The predicted octanol–water partition coefficient (Wildman–Crippen LogP) is 2.77. The summed E-state index contributed by atoms with van der Waals surface area (Å²) in [6.45, 7) is 2.32. The molecule has 0 aromatic heterocycles. The Balaban J connectivity index is 2.08. The number of carbonyl (C=O) groups excluding carboxylic acids is 1. The third-order valence-corrected chi connectivity index (χ3v) is 2.91. The molecule has 0 radical (unpaired) electrons. The van der Waals surface area contributed by atoms with Crippen molar-refractivity contribution in [3.8, 4) is 5.75 Å². The molecule has 1 amide bonds. The number of aryl methyl sites for hydroxylation is 1. The first-order chi connectivity index (χ1) is 9.08. The SMILES string of the molecule is Cc1ccccc1CNC(=O)c1ccc(F)cc1O. The van der Waals surface area contributed by atoms with Crippen molar-refractivity contribution in [2.75, 3.05) is 0 Å². The summed E-state index contributed by atoms with van der Waals surface area (Å²) in [5, 5.41) is 12.2. The Morgan fingerprint density at radius 1 is 1.26 bits per heavy atom. The molecule has 0 bridgehead atoms. The Morgan fingerprint density at radius 3 is 2.68 bits per heavy atom. The normalized spacial score (nSPS) is 10.2. The number of carbonyl (C=O) groups is 1. The van der Waals surface area contributed by atoms with Crippen LogP contribution in [0.4, 0.5) is 4.39 Å². The van der Waals surface area contributed by atoms with Gasteiger partial charge in [0.2, 0.25) is 0 Å². The van der Waals surface area contributed by atoms with Crippen LogP contribution in [-0.2, 0) is 6.54 Å². The second-order valence-electron chi connectivity index (χ2n) is 4.27. The van der Waals surface area contributed by atoms with Crippen molar-refractivity contribution in [3.63, 3.8) is 0 Å². The molecule has 2 N–H and O–H groups in total. The van der Waals surface area contributed by atoms with Crippen LogP contribution in [0.2, 0.25) is 0 Å². The molecule has 0 saturated carbocycles. The smallest absolute Gasteiger partial charge is 0.255 e. The fraction of sp³-hybridized carbons (Fsp3) is 0.133. The van der Waals surface area contributed by atoms with Gasteiger partial charge in [-0.3, -0.25) is 4.79 Å². The van der Waals surface area contributed by atoms with Gasteiger partial charge in [0.1, 0.15) is 11.6 Å². The maximum absolute atomic E-state index is 12.8. The summed E-state index contributed by atoms with van der Waals surface area (Å²) in [6.07, 6.45) is 0. The molecule has 0 spiro atoms. The van der Waals surface area contributed by atoms with Crippen molar-refractivity contribution < 1.29 is 14.3 Å². The molecule has 0 heterocycles. The van der Waals surface area contributed by atoms with E-state index in [0.717, 1.165) is 23.3 Å². The average Bonchev–Trinajstić information content (AvgIpc) is 2.37. The summed E-state index contributed by atoms with van der Waals surface area (Å²) in [5.41, 5.74) is 2.14. The molecule has 98 valence electrons. The number of phenolic OH excluding ortho intramolecular Hbond substituents is 1. The summed E-state index contributed by atoms with van der Waals surface area (Å²) in [7, 11) is 0. The minimum absolute atomic E-state index is 0.0648. The number of hydrogen-bond donors (Lipinski definition) is 2. The first-order valence-corrected chi connectivity index (χ1v) is 5.89. The first-order valence-electron chi connectivity index (χ1n) is 5.89.